The maximum atomic E-state index is 12.9. The molecule has 0 radical (unpaired) electrons. The number of aromatic nitrogens is 1. The van der Waals surface area contributed by atoms with Gasteiger partial charge in [-0.1, -0.05) is 37.6 Å². The molecule has 0 saturated carbocycles. The van der Waals surface area contributed by atoms with Crippen molar-refractivity contribution in [3.63, 3.8) is 0 Å². The maximum absolute atomic E-state index is 12.9. The minimum Gasteiger partial charge on any atom is -0.271 e. The number of nitrogens with one attached hydrogen (secondary N) is 1. The summed E-state index contributed by atoms with van der Waals surface area (Å²) < 4.78 is 12.9. The van der Waals surface area contributed by atoms with Crippen molar-refractivity contribution in [2.24, 2.45) is 5.84 Å². The predicted molar refractivity (Wildman–Crippen MR) is 73.8 cm³/mol. The van der Waals surface area contributed by atoms with Crippen molar-refractivity contribution >= 4 is 0 Å². The van der Waals surface area contributed by atoms with Crippen LogP contribution in [0.4, 0.5) is 4.39 Å². The van der Waals surface area contributed by atoms with Crippen molar-refractivity contribution in [2.45, 2.75) is 25.8 Å². The van der Waals surface area contributed by atoms with E-state index in [0.29, 0.717) is 5.69 Å². The monoisotopic (exact) mass is 259 g/mol. The SMILES string of the molecule is CCCc1cccc(C(NN)c2ccc(F)cn2)c1. The van der Waals surface area contributed by atoms with E-state index in [1.165, 1.54) is 17.8 Å². The third-order valence-electron chi connectivity index (χ3n) is 3.04. The first-order valence-corrected chi connectivity index (χ1v) is 6.41. The smallest absolute Gasteiger partial charge is 0.141 e. The van der Waals surface area contributed by atoms with Gasteiger partial charge in [0.1, 0.15) is 5.82 Å². The Kier molecular flexibility index (Phi) is 4.60. The highest BCUT2D eigenvalue weighted by Gasteiger charge is 2.14. The average molecular weight is 259 g/mol. The molecular weight excluding hydrogens is 241 g/mol. The molecule has 2 rings (SSSR count). The molecule has 19 heavy (non-hydrogen) atoms. The van der Waals surface area contributed by atoms with Crippen LogP contribution in [0.5, 0.6) is 0 Å². The van der Waals surface area contributed by atoms with Crippen LogP contribution in [-0.2, 0) is 6.42 Å². The van der Waals surface area contributed by atoms with Crippen LogP contribution >= 0.6 is 0 Å². The summed E-state index contributed by atoms with van der Waals surface area (Å²) in [7, 11) is 0. The summed E-state index contributed by atoms with van der Waals surface area (Å²) >= 11 is 0. The molecule has 3 N–H and O–H groups in total. The van der Waals surface area contributed by atoms with Crippen LogP contribution < -0.4 is 11.3 Å². The van der Waals surface area contributed by atoms with Gasteiger partial charge in [0.05, 0.1) is 17.9 Å². The fourth-order valence-corrected chi connectivity index (χ4v) is 2.13. The molecular formula is C15H18FN3. The van der Waals surface area contributed by atoms with Crippen LogP contribution in [0.1, 0.15) is 36.2 Å². The zero-order valence-corrected chi connectivity index (χ0v) is 10.9. The Hall–Kier alpha value is -1.78. The molecule has 0 aliphatic rings. The summed E-state index contributed by atoms with van der Waals surface area (Å²) in [5, 5.41) is 0. The normalized spacial score (nSPS) is 12.4. The van der Waals surface area contributed by atoms with Gasteiger partial charge in [-0.15, -0.1) is 0 Å². The van der Waals surface area contributed by atoms with E-state index in [2.05, 4.69) is 29.5 Å². The summed E-state index contributed by atoms with van der Waals surface area (Å²) in [6.45, 7) is 2.15. The van der Waals surface area contributed by atoms with Crippen molar-refractivity contribution in [3.05, 3.63) is 65.2 Å². The van der Waals surface area contributed by atoms with Gasteiger partial charge in [0.25, 0.3) is 0 Å². The summed E-state index contributed by atoms with van der Waals surface area (Å²) in [6, 6.07) is 11.0. The Morgan fingerprint density at radius 2 is 2.16 bits per heavy atom. The molecule has 4 heteroatoms. The van der Waals surface area contributed by atoms with Gasteiger partial charge in [-0.3, -0.25) is 10.8 Å². The van der Waals surface area contributed by atoms with Gasteiger partial charge in [0, 0.05) is 0 Å². The number of benzene rings is 1. The molecule has 1 aromatic heterocycles. The zero-order valence-electron chi connectivity index (χ0n) is 10.9. The first-order chi connectivity index (χ1) is 9.24. The van der Waals surface area contributed by atoms with E-state index < -0.39 is 0 Å². The number of rotatable bonds is 5. The lowest BCUT2D eigenvalue weighted by molar-refractivity contribution is 0.596. The topological polar surface area (TPSA) is 50.9 Å². The van der Waals surface area contributed by atoms with Gasteiger partial charge in [0.15, 0.2) is 0 Å². The van der Waals surface area contributed by atoms with Gasteiger partial charge in [0.2, 0.25) is 0 Å². The predicted octanol–water partition coefficient (Wildman–Crippen LogP) is 2.73. The van der Waals surface area contributed by atoms with Gasteiger partial charge in [-0.2, -0.15) is 0 Å². The van der Waals surface area contributed by atoms with Gasteiger partial charge in [-0.25, -0.2) is 9.82 Å². The summed E-state index contributed by atoms with van der Waals surface area (Å²) in [4.78, 5) is 4.08. The first kappa shape index (κ1) is 13.6. The van der Waals surface area contributed by atoms with Crippen molar-refractivity contribution in [3.8, 4) is 0 Å². The molecule has 100 valence electrons. The summed E-state index contributed by atoms with van der Waals surface area (Å²) in [5.74, 6) is 5.27. The third kappa shape index (κ3) is 3.36. The molecule has 1 atom stereocenters. The highest BCUT2D eigenvalue weighted by atomic mass is 19.1. The second-order valence-electron chi connectivity index (χ2n) is 4.50. The van der Waals surface area contributed by atoms with Gasteiger partial charge < -0.3 is 0 Å². The number of hydrogen-bond acceptors (Lipinski definition) is 3. The van der Waals surface area contributed by atoms with Crippen molar-refractivity contribution in [1.29, 1.82) is 0 Å². The maximum Gasteiger partial charge on any atom is 0.141 e. The van der Waals surface area contributed by atoms with Crippen molar-refractivity contribution in [2.75, 3.05) is 0 Å². The molecule has 1 unspecified atom stereocenters. The average Bonchev–Trinajstić information content (AvgIpc) is 2.43. The first-order valence-electron chi connectivity index (χ1n) is 6.41. The van der Waals surface area contributed by atoms with Crippen LogP contribution in [0, 0.1) is 5.82 Å². The molecule has 1 aromatic carbocycles. The molecule has 0 aliphatic heterocycles. The Morgan fingerprint density at radius 1 is 1.32 bits per heavy atom. The Bertz CT molecular complexity index is 525. The van der Waals surface area contributed by atoms with E-state index in [-0.39, 0.29) is 11.9 Å². The third-order valence-corrected chi connectivity index (χ3v) is 3.04. The Morgan fingerprint density at radius 3 is 2.79 bits per heavy atom. The van der Waals surface area contributed by atoms with E-state index >= 15 is 0 Å². The highest BCUT2D eigenvalue weighted by molar-refractivity contribution is 5.31. The molecule has 0 aliphatic carbocycles. The van der Waals surface area contributed by atoms with E-state index in [9.17, 15) is 4.39 Å². The molecule has 1 heterocycles. The van der Waals surface area contributed by atoms with Crippen molar-refractivity contribution < 1.29 is 4.39 Å². The quantitative estimate of drug-likeness (QED) is 0.641. The lowest BCUT2D eigenvalue weighted by Gasteiger charge is -2.16. The molecule has 0 spiro atoms. The standard InChI is InChI=1S/C15H18FN3/c1-2-4-11-5-3-6-12(9-11)15(19-17)14-8-7-13(16)10-18-14/h3,5-10,15,19H,2,4,17H2,1H3. The largest absolute Gasteiger partial charge is 0.271 e. The van der Waals surface area contributed by atoms with E-state index in [0.717, 1.165) is 18.4 Å². The minimum atomic E-state index is -0.348. The van der Waals surface area contributed by atoms with Crippen LogP contribution in [0.3, 0.4) is 0 Å². The number of pyridine rings is 1. The molecule has 0 saturated heterocycles. The number of hydrazine groups is 1. The zero-order chi connectivity index (χ0) is 13.7. The van der Waals surface area contributed by atoms with Crippen molar-refractivity contribution in [1.82, 2.24) is 10.4 Å². The number of aryl methyl sites for hydroxylation is 1. The summed E-state index contributed by atoms with van der Waals surface area (Å²) in [5.41, 5.74) is 5.75. The van der Waals surface area contributed by atoms with E-state index in [4.69, 9.17) is 5.84 Å². The molecule has 0 bridgehead atoms. The fourth-order valence-electron chi connectivity index (χ4n) is 2.13. The Labute approximate surface area is 112 Å². The molecule has 3 nitrogen and oxygen atoms in total. The molecule has 0 amide bonds. The van der Waals surface area contributed by atoms with Crippen LogP contribution in [0.25, 0.3) is 0 Å². The second-order valence-corrected chi connectivity index (χ2v) is 4.50. The number of hydrogen-bond donors (Lipinski definition) is 2. The van der Waals surface area contributed by atoms with Crippen LogP contribution in [0.15, 0.2) is 42.6 Å². The van der Waals surface area contributed by atoms with Crippen LogP contribution in [-0.4, -0.2) is 4.98 Å². The molecule has 0 fully saturated rings. The minimum absolute atomic E-state index is 0.225. The fraction of sp³-hybridized carbons (Fsp3) is 0.267. The van der Waals surface area contributed by atoms with Gasteiger partial charge >= 0.3 is 0 Å². The Balaban J connectivity index is 2.30. The van der Waals surface area contributed by atoms with Gasteiger partial charge in [-0.05, 0) is 29.7 Å². The lowest BCUT2D eigenvalue weighted by Crippen LogP contribution is -2.29. The molecule has 2 aromatic rings. The van der Waals surface area contributed by atoms with Crippen LogP contribution in [0.2, 0.25) is 0 Å². The van der Waals surface area contributed by atoms with E-state index in [1.54, 1.807) is 6.07 Å². The highest BCUT2D eigenvalue weighted by Crippen LogP contribution is 2.21. The number of halogens is 1. The number of nitrogens with two attached hydrogens (primary N) is 1. The second kappa shape index (κ2) is 6.41. The summed E-state index contributed by atoms with van der Waals surface area (Å²) in [6.07, 6.45) is 3.33. The van der Waals surface area contributed by atoms with E-state index in [1.807, 2.05) is 12.1 Å². The lowest BCUT2D eigenvalue weighted by atomic mass is 9.99. The number of nitrogens with zero attached hydrogens (tertiary/aromatic N) is 1.